The van der Waals surface area contributed by atoms with E-state index in [-0.39, 0.29) is 0 Å². The maximum Gasteiger partial charge on any atom is 0.0637 e. The molecular formula is C16H17Cl2N. The van der Waals surface area contributed by atoms with Crippen LogP contribution in [0, 0.1) is 0 Å². The predicted octanol–water partition coefficient (Wildman–Crippen LogP) is 4.85. The number of nitrogens with one attached hydrogen (secondary N) is 1. The number of hydrogen-bond donors (Lipinski definition) is 1. The second kappa shape index (κ2) is 6.95. The van der Waals surface area contributed by atoms with Gasteiger partial charge in [-0.15, -0.1) is 0 Å². The first kappa shape index (κ1) is 14.4. The molecule has 0 atom stereocenters. The summed E-state index contributed by atoms with van der Waals surface area (Å²) in [4.78, 5) is 0. The highest BCUT2D eigenvalue weighted by atomic mass is 35.5. The van der Waals surface area contributed by atoms with E-state index in [2.05, 4.69) is 36.5 Å². The zero-order valence-electron chi connectivity index (χ0n) is 10.9. The summed E-state index contributed by atoms with van der Waals surface area (Å²) in [5.41, 5.74) is 3.66. The second-order valence-electron chi connectivity index (χ2n) is 4.49. The molecule has 0 amide bonds. The van der Waals surface area contributed by atoms with E-state index in [4.69, 9.17) is 23.2 Å². The van der Waals surface area contributed by atoms with Gasteiger partial charge in [-0.2, -0.15) is 0 Å². The van der Waals surface area contributed by atoms with Gasteiger partial charge < -0.3 is 5.32 Å². The molecule has 0 aliphatic rings. The van der Waals surface area contributed by atoms with Gasteiger partial charge in [-0.05, 0) is 29.2 Å². The van der Waals surface area contributed by atoms with Crippen LogP contribution in [0.1, 0.15) is 23.6 Å². The summed E-state index contributed by atoms with van der Waals surface area (Å²) in [6, 6.07) is 14.4. The minimum atomic E-state index is 0.605. The zero-order chi connectivity index (χ0) is 13.7. The summed E-state index contributed by atoms with van der Waals surface area (Å²) < 4.78 is 0. The van der Waals surface area contributed by atoms with Gasteiger partial charge >= 0.3 is 0 Å². The monoisotopic (exact) mass is 293 g/mol. The van der Waals surface area contributed by atoms with Crippen molar-refractivity contribution in [2.24, 2.45) is 0 Å². The summed E-state index contributed by atoms with van der Waals surface area (Å²) in [6.45, 7) is 3.70. The van der Waals surface area contributed by atoms with Gasteiger partial charge in [-0.3, -0.25) is 0 Å². The van der Waals surface area contributed by atoms with Crippen LogP contribution in [0.5, 0.6) is 0 Å². The maximum atomic E-state index is 6.14. The highest BCUT2D eigenvalue weighted by Gasteiger charge is 2.03. The highest BCUT2D eigenvalue weighted by Crippen LogP contribution is 2.25. The van der Waals surface area contributed by atoms with Gasteiger partial charge in [0.15, 0.2) is 0 Å². The molecule has 0 saturated carbocycles. The Morgan fingerprint density at radius 2 is 1.58 bits per heavy atom. The quantitative estimate of drug-likeness (QED) is 0.831. The normalized spacial score (nSPS) is 10.7. The van der Waals surface area contributed by atoms with Crippen LogP contribution in [0.2, 0.25) is 10.0 Å². The van der Waals surface area contributed by atoms with Gasteiger partial charge in [0.05, 0.1) is 10.0 Å². The first-order chi connectivity index (χ1) is 9.20. The molecule has 1 nitrogen and oxygen atoms in total. The third-order valence-electron chi connectivity index (χ3n) is 3.11. The van der Waals surface area contributed by atoms with Crippen molar-refractivity contribution in [2.45, 2.75) is 26.4 Å². The Bertz CT molecular complexity index is 535. The topological polar surface area (TPSA) is 12.0 Å². The molecule has 0 aliphatic heterocycles. The van der Waals surface area contributed by atoms with Crippen LogP contribution in [0.25, 0.3) is 0 Å². The molecule has 3 heteroatoms. The first-order valence-corrected chi connectivity index (χ1v) is 7.17. The fourth-order valence-electron chi connectivity index (χ4n) is 1.92. The fourth-order valence-corrected chi connectivity index (χ4v) is 2.31. The van der Waals surface area contributed by atoms with Crippen LogP contribution in [0.15, 0.2) is 42.5 Å². The van der Waals surface area contributed by atoms with E-state index in [0.717, 1.165) is 25.1 Å². The van der Waals surface area contributed by atoms with Gasteiger partial charge in [0, 0.05) is 13.1 Å². The van der Waals surface area contributed by atoms with E-state index in [0.29, 0.717) is 10.0 Å². The molecule has 19 heavy (non-hydrogen) atoms. The fraction of sp³-hybridized carbons (Fsp3) is 0.250. The van der Waals surface area contributed by atoms with E-state index in [1.807, 2.05) is 12.1 Å². The SMILES string of the molecule is CCc1ccc(CNCc2cccc(Cl)c2Cl)cc1. The van der Waals surface area contributed by atoms with Gasteiger partial charge in [-0.1, -0.05) is 66.5 Å². The van der Waals surface area contributed by atoms with Crippen molar-refractivity contribution in [3.05, 3.63) is 69.2 Å². The average Bonchev–Trinajstić information content (AvgIpc) is 2.44. The highest BCUT2D eigenvalue weighted by molar-refractivity contribution is 6.42. The zero-order valence-corrected chi connectivity index (χ0v) is 12.4. The van der Waals surface area contributed by atoms with Crippen molar-refractivity contribution in [3.8, 4) is 0 Å². The Balaban J connectivity index is 1.90. The van der Waals surface area contributed by atoms with Crippen molar-refractivity contribution in [1.82, 2.24) is 5.32 Å². The lowest BCUT2D eigenvalue weighted by Crippen LogP contribution is -2.13. The summed E-state index contributed by atoms with van der Waals surface area (Å²) in [7, 11) is 0. The van der Waals surface area contributed by atoms with Crippen LogP contribution in [0.3, 0.4) is 0 Å². The van der Waals surface area contributed by atoms with Crippen LogP contribution in [-0.2, 0) is 19.5 Å². The molecule has 0 radical (unpaired) electrons. The molecular weight excluding hydrogens is 277 g/mol. The molecule has 2 aromatic carbocycles. The van der Waals surface area contributed by atoms with E-state index < -0.39 is 0 Å². The van der Waals surface area contributed by atoms with Crippen molar-refractivity contribution in [1.29, 1.82) is 0 Å². The van der Waals surface area contributed by atoms with Crippen molar-refractivity contribution < 1.29 is 0 Å². The maximum absolute atomic E-state index is 6.14. The Kier molecular flexibility index (Phi) is 5.26. The average molecular weight is 294 g/mol. The minimum Gasteiger partial charge on any atom is -0.309 e. The molecule has 0 aliphatic carbocycles. The Hall–Kier alpha value is -1.02. The van der Waals surface area contributed by atoms with E-state index >= 15 is 0 Å². The van der Waals surface area contributed by atoms with Gasteiger partial charge in [-0.25, -0.2) is 0 Å². The molecule has 2 aromatic rings. The first-order valence-electron chi connectivity index (χ1n) is 6.42. The van der Waals surface area contributed by atoms with Crippen molar-refractivity contribution >= 4 is 23.2 Å². The number of benzene rings is 2. The Morgan fingerprint density at radius 1 is 0.895 bits per heavy atom. The summed E-state index contributed by atoms with van der Waals surface area (Å²) in [5.74, 6) is 0. The van der Waals surface area contributed by atoms with Crippen LogP contribution in [0.4, 0.5) is 0 Å². The largest absolute Gasteiger partial charge is 0.309 e. The molecule has 2 rings (SSSR count). The third kappa shape index (κ3) is 3.97. The smallest absolute Gasteiger partial charge is 0.0637 e. The molecule has 0 spiro atoms. The molecule has 0 aromatic heterocycles. The molecule has 0 fully saturated rings. The van der Waals surface area contributed by atoms with Crippen molar-refractivity contribution in [3.63, 3.8) is 0 Å². The number of halogens is 2. The van der Waals surface area contributed by atoms with Crippen molar-refractivity contribution in [2.75, 3.05) is 0 Å². The van der Waals surface area contributed by atoms with Gasteiger partial charge in [0.2, 0.25) is 0 Å². The van der Waals surface area contributed by atoms with Crippen LogP contribution < -0.4 is 5.32 Å². The van der Waals surface area contributed by atoms with Gasteiger partial charge in [0.1, 0.15) is 0 Å². The number of rotatable bonds is 5. The summed E-state index contributed by atoms with van der Waals surface area (Å²) in [6.07, 6.45) is 1.08. The molecule has 0 heterocycles. The minimum absolute atomic E-state index is 0.605. The predicted molar refractivity (Wildman–Crippen MR) is 82.8 cm³/mol. The van der Waals surface area contributed by atoms with Crippen LogP contribution >= 0.6 is 23.2 Å². The third-order valence-corrected chi connectivity index (χ3v) is 3.97. The lowest BCUT2D eigenvalue weighted by Gasteiger charge is -2.08. The Morgan fingerprint density at radius 3 is 2.26 bits per heavy atom. The number of aryl methyl sites for hydroxylation is 1. The molecule has 100 valence electrons. The van der Waals surface area contributed by atoms with Crippen LogP contribution in [-0.4, -0.2) is 0 Å². The standard InChI is InChI=1S/C16H17Cl2N/c1-2-12-6-8-13(9-7-12)10-19-11-14-4-3-5-15(17)16(14)18/h3-9,19H,2,10-11H2,1H3. The molecule has 0 bridgehead atoms. The molecule has 1 N–H and O–H groups in total. The molecule has 0 unspecified atom stereocenters. The lowest BCUT2D eigenvalue weighted by molar-refractivity contribution is 0.693. The second-order valence-corrected chi connectivity index (χ2v) is 5.27. The van der Waals surface area contributed by atoms with E-state index in [1.165, 1.54) is 11.1 Å². The van der Waals surface area contributed by atoms with E-state index in [1.54, 1.807) is 6.07 Å². The Labute approximate surface area is 124 Å². The van der Waals surface area contributed by atoms with E-state index in [9.17, 15) is 0 Å². The summed E-state index contributed by atoms with van der Waals surface area (Å²) in [5, 5.41) is 4.62. The summed E-state index contributed by atoms with van der Waals surface area (Å²) >= 11 is 12.1. The van der Waals surface area contributed by atoms with Gasteiger partial charge in [0.25, 0.3) is 0 Å². The number of hydrogen-bond acceptors (Lipinski definition) is 1. The lowest BCUT2D eigenvalue weighted by atomic mass is 10.1. The molecule has 0 saturated heterocycles.